The zero-order valence-electron chi connectivity index (χ0n) is 10.8. The molecule has 3 nitrogen and oxygen atoms in total. The summed E-state index contributed by atoms with van der Waals surface area (Å²) in [7, 11) is 0. The number of thiophene rings is 1. The molecule has 0 aromatic carbocycles. The van der Waals surface area contributed by atoms with E-state index < -0.39 is 0 Å². The van der Waals surface area contributed by atoms with Gasteiger partial charge >= 0.3 is 0 Å². The normalized spacial score (nSPS) is 14.6. The van der Waals surface area contributed by atoms with Crippen molar-refractivity contribution in [1.29, 1.82) is 0 Å². The summed E-state index contributed by atoms with van der Waals surface area (Å²) in [4.78, 5) is 11.8. The quantitative estimate of drug-likeness (QED) is 0.817. The number of hydrogen-bond acceptors (Lipinski definition) is 3. The van der Waals surface area contributed by atoms with Gasteiger partial charge in [-0.3, -0.25) is 4.79 Å². The lowest BCUT2D eigenvalue weighted by molar-refractivity contribution is -0.123. The summed E-state index contributed by atoms with van der Waals surface area (Å²) in [6, 6.07) is 1.83. The average Bonchev–Trinajstić information content (AvgIpc) is 2.68. The Bertz CT molecular complexity index is 335. The molecule has 17 heavy (non-hydrogen) atoms. The second kappa shape index (κ2) is 6.77. The topological polar surface area (TPSA) is 55.1 Å². The van der Waals surface area contributed by atoms with Gasteiger partial charge in [-0.1, -0.05) is 13.8 Å². The lowest BCUT2D eigenvalue weighted by Gasteiger charge is -2.18. The summed E-state index contributed by atoms with van der Waals surface area (Å²) < 4.78 is 0. The van der Waals surface area contributed by atoms with Crippen molar-refractivity contribution in [3.05, 3.63) is 22.4 Å². The summed E-state index contributed by atoms with van der Waals surface area (Å²) >= 11 is 1.68. The van der Waals surface area contributed by atoms with Crippen molar-refractivity contribution in [2.75, 3.05) is 0 Å². The maximum Gasteiger partial charge on any atom is 0.237 e. The predicted molar refractivity (Wildman–Crippen MR) is 73.1 cm³/mol. The van der Waals surface area contributed by atoms with Crippen LogP contribution < -0.4 is 11.1 Å². The molecule has 2 unspecified atom stereocenters. The minimum Gasteiger partial charge on any atom is -0.352 e. The molecule has 1 rings (SSSR count). The van der Waals surface area contributed by atoms with Crippen molar-refractivity contribution in [3.63, 3.8) is 0 Å². The first-order chi connectivity index (χ1) is 7.99. The number of nitrogens with two attached hydrogens (primary N) is 1. The number of hydrogen-bond donors (Lipinski definition) is 2. The van der Waals surface area contributed by atoms with Crippen LogP contribution in [0, 0.1) is 5.92 Å². The first kappa shape index (κ1) is 14.2. The molecule has 2 atom stereocenters. The van der Waals surface area contributed by atoms with Crippen molar-refractivity contribution < 1.29 is 4.79 Å². The van der Waals surface area contributed by atoms with Crippen molar-refractivity contribution in [1.82, 2.24) is 5.32 Å². The van der Waals surface area contributed by atoms with Gasteiger partial charge in [-0.2, -0.15) is 11.3 Å². The Kier molecular flexibility index (Phi) is 5.65. The molecule has 0 aliphatic rings. The van der Waals surface area contributed by atoms with E-state index in [1.165, 1.54) is 5.56 Å². The molecule has 0 aliphatic heterocycles. The van der Waals surface area contributed by atoms with E-state index in [-0.39, 0.29) is 18.0 Å². The fourth-order valence-corrected chi connectivity index (χ4v) is 2.46. The molecule has 96 valence electrons. The van der Waals surface area contributed by atoms with Crippen molar-refractivity contribution in [2.45, 2.75) is 45.7 Å². The van der Waals surface area contributed by atoms with Gasteiger partial charge in [-0.15, -0.1) is 0 Å². The van der Waals surface area contributed by atoms with Crippen molar-refractivity contribution in [2.24, 2.45) is 11.7 Å². The van der Waals surface area contributed by atoms with E-state index in [0.29, 0.717) is 5.92 Å². The molecule has 0 saturated carbocycles. The Morgan fingerprint density at radius 2 is 2.18 bits per heavy atom. The fourth-order valence-electron chi connectivity index (χ4n) is 1.78. The van der Waals surface area contributed by atoms with Crippen molar-refractivity contribution >= 4 is 17.2 Å². The second-order valence-electron chi connectivity index (χ2n) is 4.98. The third-order valence-corrected chi connectivity index (χ3v) is 3.30. The van der Waals surface area contributed by atoms with Gasteiger partial charge in [0.05, 0.1) is 6.04 Å². The Labute approximate surface area is 107 Å². The zero-order chi connectivity index (χ0) is 12.8. The molecule has 0 bridgehead atoms. The number of carbonyl (C=O) groups excluding carboxylic acids is 1. The summed E-state index contributed by atoms with van der Waals surface area (Å²) in [5.41, 5.74) is 7.09. The van der Waals surface area contributed by atoms with Crippen LogP contribution in [-0.4, -0.2) is 18.0 Å². The van der Waals surface area contributed by atoms with Gasteiger partial charge in [0.2, 0.25) is 5.91 Å². The van der Waals surface area contributed by atoms with Crippen LogP contribution in [0.3, 0.4) is 0 Å². The molecule has 0 saturated heterocycles. The number of nitrogens with one attached hydrogen (secondary N) is 1. The monoisotopic (exact) mass is 254 g/mol. The van der Waals surface area contributed by atoms with E-state index in [4.69, 9.17) is 5.73 Å². The number of carbonyl (C=O) groups is 1. The third kappa shape index (κ3) is 5.33. The highest BCUT2D eigenvalue weighted by Crippen LogP contribution is 2.09. The molecule has 1 aromatic rings. The minimum absolute atomic E-state index is 0.0403. The Morgan fingerprint density at radius 1 is 1.47 bits per heavy atom. The molecular formula is C13H22N2OS. The third-order valence-electron chi connectivity index (χ3n) is 2.57. The second-order valence-corrected chi connectivity index (χ2v) is 5.76. The van der Waals surface area contributed by atoms with Crippen molar-refractivity contribution in [3.8, 4) is 0 Å². The predicted octanol–water partition coefficient (Wildman–Crippen LogP) is 2.17. The van der Waals surface area contributed by atoms with Gasteiger partial charge in [0.25, 0.3) is 0 Å². The zero-order valence-corrected chi connectivity index (χ0v) is 11.6. The molecule has 0 spiro atoms. The van der Waals surface area contributed by atoms with Gasteiger partial charge in [0.1, 0.15) is 0 Å². The lowest BCUT2D eigenvalue weighted by Crippen LogP contribution is -2.45. The van der Waals surface area contributed by atoms with Crippen LogP contribution in [0.4, 0.5) is 0 Å². The SMILES string of the molecule is CC(C)CC(N)C(=O)NC(C)Cc1ccsc1. The van der Waals surface area contributed by atoms with Gasteiger partial charge in [-0.05, 0) is 48.1 Å². The molecule has 1 aromatic heterocycles. The summed E-state index contributed by atoms with van der Waals surface area (Å²) in [5, 5.41) is 7.12. The summed E-state index contributed by atoms with van der Waals surface area (Å²) in [6.07, 6.45) is 1.60. The molecule has 3 N–H and O–H groups in total. The lowest BCUT2D eigenvalue weighted by atomic mass is 10.0. The van der Waals surface area contributed by atoms with E-state index in [1.807, 2.05) is 12.3 Å². The molecule has 0 fully saturated rings. The number of rotatable bonds is 6. The van der Waals surface area contributed by atoms with E-state index in [9.17, 15) is 4.79 Å². The highest BCUT2D eigenvalue weighted by atomic mass is 32.1. The summed E-state index contributed by atoms with van der Waals surface area (Å²) in [6.45, 7) is 6.15. The highest BCUT2D eigenvalue weighted by molar-refractivity contribution is 7.07. The molecule has 4 heteroatoms. The molecule has 1 amide bonds. The maximum absolute atomic E-state index is 11.8. The Morgan fingerprint density at radius 3 is 2.71 bits per heavy atom. The largest absolute Gasteiger partial charge is 0.352 e. The van der Waals surface area contributed by atoms with Crippen LogP contribution in [0.2, 0.25) is 0 Å². The first-order valence-electron chi connectivity index (χ1n) is 6.06. The molecule has 0 radical (unpaired) electrons. The summed E-state index contributed by atoms with van der Waals surface area (Å²) in [5.74, 6) is 0.407. The average molecular weight is 254 g/mol. The fraction of sp³-hybridized carbons (Fsp3) is 0.615. The van der Waals surface area contributed by atoms with Gasteiger partial charge in [-0.25, -0.2) is 0 Å². The van der Waals surface area contributed by atoms with E-state index in [1.54, 1.807) is 11.3 Å². The Balaban J connectivity index is 2.35. The van der Waals surface area contributed by atoms with E-state index >= 15 is 0 Å². The number of amides is 1. The van der Waals surface area contributed by atoms with Crippen LogP contribution in [0.1, 0.15) is 32.8 Å². The highest BCUT2D eigenvalue weighted by Gasteiger charge is 2.16. The van der Waals surface area contributed by atoms with Crippen LogP contribution in [0.5, 0.6) is 0 Å². The van der Waals surface area contributed by atoms with Gasteiger partial charge in [0.15, 0.2) is 0 Å². The van der Waals surface area contributed by atoms with Crippen LogP contribution in [0.25, 0.3) is 0 Å². The smallest absolute Gasteiger partial charge is 0.237 e. The van der Waals surface area contributed by atoms with E-state index in [2.05, 4.69) is 30.6 Å². The van der Waals surface area contributed by atoms with E-state index in [0.717, 1.165) is 12.8 Å². The first-order valence-corrected chi connectivity index (χ1v) is 7.00. The maximum atomic E-state index is 11.8. The molecular weight excluding hydrogens is 232 g/mol. The van der Waals surface area contributed by atoms with Crippen LogP contribution in [-0.2, 0) is 11.2 Å². The van der Waals surface area contributed by atoms with Crippen LogP contribution >= 0.6 is 11.3 Å². The van der Waals surface area contributed by atoms with Crippen LogP contribution in [0.15, 0.2) is 16.8 Å². The van der Waals surface area contributed by atoms with Gasteiger partial charge in [0, 0.05) is 6.04 Å². The van der Waals surface area contributed by atoms with Gasteiger partial charge < -0.3 is 11.1 Å². The molecule has 0 aliphatic carbocycles. The Hall–Kier alpha value is -0.870. The standard InChI is InChI=1S/C13H22N2OS/c1-9(2)6-12(14)13(16)15-10(3)7-11-4-5-17-8-11/h4-5,8-10,12H,6-7,14H2,1-3H3,(H,15,16). The minimum atomic E-state index is -0.389. The molecule has 1 heterocycles.